The number of nitrogens with one attached hydrogen (secondary N) is 1. The van der Waals surface area contributed by atoms with Crippen molar-refractivity contribution < 1.29 is 8.42 Å². The summed E-state index contributed by atoms with van der Waals surface area (Å²) in [5.41, 5.74) is 7.41. The Hall–Kier alpha value is -1.27. The molecule has 0 saturated carbocycles. The lowest BCUT2D eigenvalue weighted by Crippen LogP contribution is -2.39. The molecular weight excluding hydrogens is 274 g/mol. The molecule has 0 amide bonds. The van der Waals surface area contributed by atoms with E-state index in [9.17, 15) is 8.42 Å². The minimum atomic E-state index is -3.46. The summed E-state index contributed by atoms with van der Waals surface area (Å²) in [4.78, 5) is 2.25. The van der Waals surface area contributed by atoms with Gasteiger partial charge in [-0.15, -0.1) is 0 Å². The van der Waals surface area contributed by atoms with E-state index in [1.165, 1.54) is 13.1 Å². The second kappa shape index (κ2) is 5.61. The third-order valence-corrected chi connectivity index (χ3v) is 5.20. The lowest BCUT2D eigenvalue weighted by Gasteiger charge is -2.37. The Morgan fingerprint density at radius 1 is 1.30 bits per heavy atom. The van der Waals surface area contributed by atoms with Gasteiger partial charge in [0.25, 0.3) is 0 Å². The van der Waals surface area contributed by atoms with Crippen molar-refractivity contribution in [2.45, 2.75) is 38.6 Å². The molecule has 0 saturated heterocycles. The van der Waals surface area contributed by atoms with Crippen LogP contribution in [0.3, 0.4) is 0 Å². The van der Waals surface area contributed by atoms with Gasteiger partial charge in [-0.2, -0.15) is 0 Å². The Labute approximate surface area is 122 Å². The highest BCUT2D eigenvalue weighted by molar-refractivity contribution is 7.89. The van der Waals surface area contributed by atoms with Crippen LogP contribution in [0, 0.1) is 5.41 Å². The molecule has 0 fully saturated rings. The summed E-state index contributed by atoms with van der Waals surface area (Å²) in [5, 5.41) is 0. The fourth-order valence-corrected chi connectivity index (χ4v) is 2.69. The molecule has 0 aliphatic carbocycles. The molecule has 0 radical (unpaired) electrons. The van der Waals surface area contributed by atoms with Crippen LogP contribution in [0.25, 0.3) is 0 Å². The van der Waals surface area contributed by atoms with E-state index >= 15 is 0 Å². The Kier molecular flexibility index (Phi) is 4.71. The largest absolute Gasteiger partial charge is 0.397 e. The molecule has 0 aliphatic rings. The summed E-state index contributed by atoms with van der Waals surface area (Å²) in [7, 11) is -0.112. The van der Waals surface area contributed by atoms with E-state index < -0.39 is 10.0 Å². The quantitative estimate of drug-likeness (QED) is 0.834. The Balaban J connectivity index is 3.18. The van der Waals surface area contributed by atoms with E-state index in [0.29, 0.717) is 5.69 Å². The highest BCUT2D eigenvalue weighted by atomic mass is 32.2. The zero-order valence-electron chi connectivity index (χ0n) is 13.1. The molecule has 0 bridgehead atoms. The average molecular weight is 299 g/mol. The number of anilines is 2. The van der Waals surface area contributed by atoms with Gasteiger partial charge in [0.2, 0.25) is 10.0 Å². The van der Waals surface area contributed by atoms with Crippen LogP contribution in [0.2, 0.25) is 0 Å². The van der Waals surface area contributed by atoms with Crippen molar-refractivity contribution in [1.82, 2.24) is 4.72 Å². The lowest BCUT2D eigenvalue weighted by molar-refractivity contribution is 0.330. The summed E-state index contributed by atoms with van der Waals surface area (Å²) < 4.78 is 25.8. The van der Waals surface area contributed by atoms with E-state index in [1.807, 2.05) is 7.05 Å². The number of nitrogen functional groups attached to an aromatic ring is 1. The molecule has 0 spiro atoms. The van der Waals surface area contributed by atoms with Crippen LogP contribution in [0.1, 0.15) is 27.7 Å². The first-order valence-electron chi connectivity index (χ1n) is 6.56. The van der Waals surface area contributed by atoms with Gasteiger partial charge in [-0.1, -0.05) is 20.8 Å². The third-order valence-electron chi connectivity index (χ3n) is 3.79. The van der Waals surface area contributed by atoms with Crippen LogP contribution in [-0.4, -0.2) is 28.6 Å². The fourth-order valence-electron chi connectivity index (χ4n) is 1.93. The minimum Gasteiger partial charge on any atom is -0.397 e. The average Bonchev–Trinajstić information content (AvgIpc) is 2.35. The predicted octanol–water partition coefficient (Wildman–Crippen LogP) is 2.05. The first-order chi connectivity index (χ1) is 9.00. The second-order valence-electron chi connectivity index (χ2n) is 6.08. The standard InChI is InChI=1S/C14H25N3O2S/c1-10(14(2,3)4)17(6)13-8-7-11(9-12(13)15)20(18,19)16-5/h7-10,16H,15H2,1-6H3. The molecule has 1 aromatic rings. The number of sulfonamides is 1. The molecule has 3 N–H and O–H groups in total. The highest BCUT2D eigenvalue weighted by Gasteiger charge is 2.25. The van der Waals surface area contributed by atoms with E-state index in [0.717, 1.165) is 5.69 Å². The summed E-state index contributed by atoms with van der Waals surface area (Å²) >= 11 is 0. The molecule has 114 valence electrons. The van der Waals surface area contributed by atoms with Gasteiger partial charge in [0, 0.05) is 13.1 Å². The summed E-state index contributed by atoms with van der Waals surface area (Å²) in [6.07, 6.45) is 0. The maximum atomic E-state index is 11.7. The van der Waals surface area contributed by atoms with Crippen LogP contribution in [0.4, 0.5) is 11.4 Å². The van der Waals surface area contributed by atoms with Crippen molar-refractivity contribution >= 4 is 21.4 Å². The number of hydrogen-bond donors (Lipinski definition) is 2. The van der Waals surface area contributed by atoms with Gasteiger partial charge in [-0.25, -0.2) is 13.1 Å². The maximum Gasteiger partial charge on any atom is 0.240 e. The Bertz CT molecular complexity index is 577. The molecular formula is C14H25N3O2S. The van der Waals surface area contributed by atoms with Crippen molar-refractivity contribution in [3.05, 3.63) is 18.2 Å². The molecule has 0 heterocycles. The molecule has 1 aromatic carbocycles. The summed E-state index contributed by atoms with van der Waals surface area (Å²) in [6, 6.07) is 5.08. The second-order valence-corrected chi connectivity index (χ2v) is 7.97. The number of nitrogens with two attached hydrogens (primary N) is 1. The first-order valence-corrected chi connectivity index (χ1v) is 8.05. The normalized spacial score (nSPS) is 14.1. The molecule has 6 heteroatoms. The Morgan fingerprint density at radius 3 is 2.25 bits per heavy atom. The van der Waals surface area contributed by atoms with Crippen LogP contribution >= 0.6 is 0 Å². The van der Waals surface area contributed by atoms with E-state index in [4.69, 9.17) is 5.73 Å². The smallest absolute Gasteiger partial charge is 0.240 e. The number of benzene rings is 1. The van der Waals surface area contributed by atoms with Crippen LogP contribution in [0.15, 0.2) is 23.1 Å². The minimum absolute atomic E-state index is 0.0942. The van der Waals surface area contributed by atoms with Crippen molar-refractivity contribution in [3.8, 4) is 0 Å². The van der Waals surface area contributed by atoms with Gasteiger partial charge in [0.05, 0.1) is 16.3 Å². The highest BCUT2D eigenvalue weighted by Crippen LogP contribution is 2.31. The number of rotatable bonds is 4. The molecule has 1 atom stereocenters. The molecule has 1 rings (SSSR count). The fraction of sp³-hybridized carbons (Fsp3) is 0.571. The van der Waals surface area contributed by atoms with Gasteiger partial charge in [0.1, 0.15) is 0 Å². The van der Waals surface area contributed by atoms with Crippen molar-refractivity contribution in [1.29, 1.82) is 0 Å². The first kappa shape index (κ1) is 16.8. The van der Waals surface area contributed by atoms with Gasteiger partial charge in [-0.05, 0) is 37.6 Å². The zero-order chi connectivity index (χ0) is 15.7. The van der Waals surface area contributed by atoms with Crippen LogP contribution < -0.4 is 15.4 Å². The van der Waals surface area contributed by atoms with Crippen molar-refractivity contribution in [3.63, 3.8) is 0 Å². The molecule has 0 aliphatic heterocycles. The summed E-state index contributed by atoms with van der Waals surface area (Å²) in [6.45, 7) is 8.59. The molecule has 5 nitrogen and oxygen atoms in total. The number of nitrogens with zero attached hydrogens (tertiary/aromatic N) is 1. The lowest BCUT2D eigenvalue weighted by atomic mass is 9.87. The van der Waals surface area contributed by atoms with Crippen LogP contribution in [0.5, 0.6) is 0 Å². The molecule has 1 unspecified atom stereocenters. The van der Waals surface area contributed by atoms with Gasteiger partial charge >= 0.3 is 0 Å². The number of hydrogen-bond acceptors (Lipinski definition) is 4. The summed E-state index contributed by atoms with van der Waals surface area (Å²) in [5.74, 6) is 0. The SMILES string of the molecule is CNS(=O)(=O)c1ccc(N(C)C(C)C(C)(C)C)c(N)c1. The van der Waals surface area contributed by atoms with E-state index in [-0.39, 0.29) is 16.4 Å². The third kappa shape index (κ3) is 3.43. The zero-order valence-corrected chi connectivity index (χ0v) is 13.9. The van der Waals surface area contributed by atoms with Crippen molar-refractivity contribution in [2.75, 3.05) is 24.7 Å². The van der Waals surface area contributed by atoms with Crippen LogP contribution in [-0.2, 0) is 10.0 Å². The van der Waals surface area contributed by atoms with Gasteiger partial charge in [0.15, 0.2) is 0 Å². The maximum absolute atomic E-state index is 11.7. The van der Waals surface area contributed by atoms with Gasteiger partial charge in [-0.3, -0.25) is 0 Å². The predicted molar refractivity (Wildman–Crippen MR) is 84.4 cm³/mol. The van der Waals surface area contributed by atoms with Gasteiger partial charge < -0.3 is 10.6 Å². The van der Waals surface area contributed by atoms with E-state index in [2.05, 4.69) is 37.3 Å². The monoisotopic (exact) mass is 299 g/mol. The molecule has 0 aromatic heterocycles. The van der Waals surface area contributed by atoms with E-state index in [1.54, 1.807) is 12.1 Å². The molecule has 20 heavy (non-hydrogen) atoms. The Morgan fingerprint density at radius 2 is 1.85 bits per heavy atom. The topological polar surface area (TPSA) is 75.4 Å². The van der Waals surface area contributed by atoms with Crippen molar-refractivity contribution in [2.24, 2.45) is 5.41 Å².